The van der Waals surface area contributed by atoms with Crippen molar-refractivity contribution < 1.29 is 28.9 Å². The van der Waals surface area contributed by atoms with Gasteiger partial charge in [-0.1, -0.05) is 0 Å². The molecule has 0 unspecified atom stereocenters. The van der Waals surface area contributed by atoms with Gasteiger partial charge in [0, 0.05) is 12.0 Å². The molecule has 0 atom stereocenters. The monoisotopic (exact) mass is 310 g/mol. The second-order valence-electron chi connectivity index (χ2n) is 5.75. The minimum atomic E-state index is -1.07. The fraction of sp³-hybridized carbons (Fsp3) is 0.500. The molecule has 1 rings (SSSR count). The molecule has 0 aliphatic heterocycles. The zero-order chi connectivity index (χ0) is 16.9. The first-order valence-electron chi connectivity index (χ1n) is 6.88. The van der Waals surface area contributed by atoms with E-state index in [1.165, 1.54) is 26.4 Å². The third-order valence-electron chi connectivity index (χ3n) is 2.85. The summed E-state index contributed by atoms with van der Waals surface area (Å²) in [5, 5.41) is 9.08. The van der Waals surface area contributed by atoms with Crippen molar-refractivity contribution in [1.82, 2.24) is 0 Å². The maximum Gasteiger partial charge on any atom is 0.335 e. The molecule has 0 saturated carbocycles. The molecular weight excluding hydrogens is 288 g/mol. The molecule has 0 saturated heterocycles. The first-order valence-corrected chi connectivity index (χ1v) is 6.88. The Labute approximate surface area is 130 Å². The van der Waals surface area contributed by atoms with Gasteiger partial charge in [-0.15, -0.1) is 0 Å². The molecule has 6 heteroatoms. The number of benzene rings is 1. The van der Waals surface area contributed by atoms with Crippen LogP contribution in [0.25, 0.3) is 0 Å². The summed E-state index contributed by atoms with van der Waals surface area (Å²) in [6.07, 6.45) is 0.484. The van der Waals surface area contributed by atoms with Crippen LogP contribution in [-0.4, -0.2) is 36.9 Å². The quantitative estimate of drug-likeness (QED) is 0.813. The fourth-order valence-electron chi connectivity index (χ4n) is 1.97. The van der Waals surface area contributed by atoms with Crippen LogP contribution in [-0.2, 0) is 16.0 Å². The lowest BCUT2D eigenvalue weighted by molar-refractivity contribution is -0.154. The van der Waals surface area contributed by atoms with Gasteiger partial charge in [0.05, 0.1) is 19.8 Å². The van der Waals surface area contributed by atoms with Crippen molar-refractivity contribution >= 4 is 11.9 Å². The molecule has 122 valence electrons. The zero-order valence-corrected chi connectivity index (χ0v) is 13.6. The van der Waals surface area contributed by atoms with E-state index < -0.39 is 11.6 Å². The summed E-state index contributed by atoms with van der Waals surface area (Å²) < 4.78 is 15.7. The average Bonchev–Trinajstić information content (AvgIpc) is 2.41. The highest BCUT2D eigenvalue weighted by Gasteiger charge is 2.20. The molecule has 1 aromatic carbocycles. The number of esters is 1. The summed E-state index contributed by atoms with van der Waals surface area (Å²) in [7, 11) is 2.88. The topological polar surface area (TPSA) is 82.1 Å². The van der Waals surface area contributed by atoms with Crippen LogP contribution >= 0.6 is 0 Å². The molecule has 0 spiro atoms. The van der Waals surface area contributed by atoms with Gasteiger partial charge in [-0.05, 0) is 39.3 Å². The van der Waals surface area contributed by atoms with Crippen LogP contribution in [0.1, 0.15) is 43.1 Å². The summed E-state index contributed by atoms with van der Waals surface area (Å²) in [5.74, 6) is -0.658. The van der Waals surface area contributed by atoms with E-state index in [4.69, 9.17) is 19.3 Å². The molecular formula is C16H22O6. The number of methoxy groups -OCH3 is 2. The van der Waals surface area contributed by atoms with Crippen LogP contribution in [0.2, 0.25) is 0 Å². The Morgan fingerprint density at radius 1 is 1.09 bits per heavy atom. The predicted octanol–water partition coefficient (Wildman–Crippen LogP) is 2.68. The number of hydrogen-bond donors (Lipinski definition) is 1. The molecule has 1 aromatic rings. The molecule has 22 heavy (non-hydrogen) atoms. The number of ether oxygens (including phenoxy) is 3. The first-order chi connectivity index (χ1) is 10.2. The Bertz CT molecular complexity index is 531. The average molecular weight is 310 g/mol. The highest BCUT2D eigenvalue weighted by atomic mass is 16.6. The normalized spacial score (nSPS) is 11.0. The highest BCUT2D eigenvalue weighted by molar-refractivity contribution is 5.89. The van der Waals surface area contributed by atoms with Crippen molar-refractivity contribution in [3.05, 3.63) is 23.3 Å². The maximum absolute atomic E-state index is 11.8. The van der Waals surface area contributed by atoms with Crippen LogP contribution in [0.5, 0.6) is 11.5 Å². The number of carbonyl (C=O) groups excluding carboxylic acids is 1. The molecule has 1 N–H and O–H groups in total. The molecule has 0 amide bonds. The number of carboxylic acid groups (broad SMARTS) is 1. The van der Waals surface area contributed by atoms with E-state index in [0.717, 1.165) is 0 Å². The minimum absolute atomic E-state index is 0.0646. The molecule has 0 aliphatic carbocycles. The van der Waals surface area contributed by atoms with E-state index >= 15 is 0 Å². The van der Waals surface area contributed by atoms with Crippen molar-refractivity contribution in [3.63, 3.8) is 0 Å². The third kappa shape index (κ3) is 4.95. The summed E-state index contributed by atoms with van der Waals surface area (Å²) in [4.78, 5) is 22.9. The van der Waals surface area contributed by atoms with Gasteiger partial charge >= 0.3 is 11.9 Å². The Morgan fingerprint density at radius 2 is 1.59 bits per heavy atom. The van der Waals surface area contributed by atoms with E-state index in [2.05, 4.69) is 0 Å². The van der Waals surface area contributed by atoms with Gasteiger partial charge in [-0.2, -0.15) is 0 Å². The van der Waals surface area contributed by atoms with Crippen molar-refractivity contribution in [3.8, 4) is 11.5 Å². The van der Waals surface area contributed by atoms with Crippen LogP contribution < -0.4 is 9.47 Å². The number of hydrogen-bond acceptors (Lipinski definition) is 5. The van der Waals surface area contributed by atoms with Gasteiger partial charge in [-0.3, -0.25) is 4.79 Å². The van der Waals surface area contributed by atoms with Crippen LogP contribution in [0, 0.1) is 0 Å². The van der Waals surface area contributed by atoms with E-state index in [9.17, 15) is 9.59 Å². The second-order valence-corrected chi connectivity index (χ2v) is 5.75. The summed E-state index contributed by atoms with van der Waals surface area (Å²) in [5.41, 5.74) is 0.161. The Morgan fingerprint density at radius 3 is 1.95 bits per heavy atom. The fourth-order valence-corrected chi connectivity index (χ4v) is 1.97. The summed E-state index contributed by atoms with van der Waals surface area (Å²) >= 11 is 0. The zero-order valence-electron chi connectivity index (χ0n) is 13.6. The lowest BCUT2D eigenvalue weighted by Gasteiger charge is -2.20. The number of rotatable bonds is 6. The largest absolute Gasteiger partial charge is 0.496 e. The second kappa shape index (κ2) is 7.15. The standard InChI is InChI=1S/C16H22O6/c1-16(2,3)22-14(17)7-6-11-12(20-4)8-10(15(18)19)9-13(11)21-5/h8-9H,6-7H2,1-5H3,(H,18,19). The van der Waals surface area contributed by atoms with Crippen LogP contribution in [0.4, 0.5) is 0 Å². The molecule has 6 nitrogen and oxygen atoms in total. The predicted molar refractivity (Wildman–Crippen MR) is 80.7 cm³/mol. The first kappa shape index (κ1) is 17.8. The summed E-state index contributed by atoms with van der Waals surface area (Å²) in [6, 6.07) is 2.82. The Kier molecular flexibility index (Phi) is 5.79. The summed E-state index contributed by atoms with van der Waals surface area (Å²) in [6.45, 7) is 5.40. The smallest absolute Gasteiger partial charge is 0.335 e. The van der Waals surface area contributed by atoms with Gasteiger partial charge in [0.15, 0.2) is 0 Å². The van der Waals surface area contributed by atoms with E-state index in [1.54, 1.807) is 20.8 Å². The minimum Gasteiger partial charge on any atom is -0.496 e. The molecule has 0 aliphatic rings. The van der Waals surface area contributed by atoms with Crippen molar-refractivity contribution in [2.75, 3.05) is 14.2 Å². The van der Waals surface area contributed by atoms with Crippen molar-refractivity contribution in [2.24, 2.45) is 0 Å². The maximum atomic E-state index is 11.8. The number of carbonyl (C=O) groups is 2. The molecule has 0 bridgehead atoms. The van der Waals surface area contributed by atoms with Gasteiger partial charge in [0.1, 0.15) is 17.1 Å². The number of carboxylic acids is 1. The molecule has 0 fully saturated rings. The molecule has 0 heterocycles. The third-order valence-corrected chi connectivity index (χ3v) is 2.85. The van der Waals surface area contributed by atoms with Crippen LogP contribution in [0.15, 0.2) is 12.1 Å². The van der Waals surface area contributed by atoms with Crippen LogP contribution in [0.3, 0.4) is 0 Å². The van der Waals surface area contributed by atoms with E-state index in [1.807, 2.05) is 0 Å². The Hall–Kier alpha value is -2.24. The van der Waals surface area contributed by atoms with Gasteiger partial charge in [-0.25, -0.2) is 4.79 Å². The van der Waals surface area contributed by atoms with Gasteiger partial charge in [0.25, 0.3) is 0 Å². The number of aromatic carboxylic acids is 1. The van der Waals surface area contributed by atoms with E-state index in [0.29, 0.717) is 23.5 Å². The van der Waals surface area contributed by atoms with Gasteiger partial charge in [0.2, 0.25) is 0 Å². The molecule has 0 radical (unpaired) electrons. The van der Waals surface area contributed by atoms with E-state index in [-0.39, 0.29) is 18.0 Å². The lowest BCUT2D eigenvalue weighted by Crippen LogP contribution is -2.24. The van der Waals surface area contributed by atoms with Crippen molar-refractivity contribution in [1.29, 1.82) is 0 Å². The SMILES string of the molecule is COc1cc(C(=O)O)cc(OC)c1CCC(=O)OC(C)(C)C. The van der Waals surface area contributed by atoms with Crippen molar-refractivity contribution in [2.45, 2.75) is 39.2 Å². The lowest BCUT2D eigenvalue weighted by atomic mass is 10.0. The Balaban J connectivity index is 2.98. The van der Waals surface area contributed by atoms with Gasteiger partial charge < -0.3 is 19.3 Å². The molecule has 0 aromatic heterocycles. The highest BCUT2D eigenvalue weighted by Crippen LogP contribution is 2.32.